The zero-order valence-electron chi connectivity index (χ0n) is 21.9. The molecule has 2 aliphatic carbocycles. The van der Waals surface area contributed by atoms with Crippen LogP contribution in [0.2, 0.25) is 0 Å². The lowest BCUT2D eigenvalue weighted by atomic mass is 9.62. The fourth-order valence-electron chi connectivity index (χ4n) is 6.91. The minimum atomic E-state index is -0.756. The van der Waals surface area contributed by atoms with Crippen molar-refractivity contribution in [3.05, 3.63) is 48.3 Å². The maximum Gasteiger partial charge on any atom is 0.325 e. The van der Waals surface area contributed by atoms with Gasteiger partial charge in [-0.2, -0.15) is 0 Å². The molecule has 6 rings (SSSR count). The van der Waals surface area contributed by atoms with Gasteiger partial charge in [0.05, 0.1) is 55.5 Å². The van der Waals surface area contributed by atoms with E-state index in [9.17, 15) is 9.90 Å². The first-order valence-electron chi connectivity index (χ1n) is 14.0. The van der Waals surface area contributed by atoms with Crippen LogP contribution in [0.3, 0.4) is 0 Å². The SMILES string of the molecule is CC[C@]1(c2ccccc2)CC[C@]2(CC1)CN(c1cnc(N3CCOCC3)nc1)C(=O)N2CC1(O)CCC1. The van der Waals surface area contributed by atoms with Crippen LogP contribution >= 0.6 is 0 Å². The van der Waals surface area contributed by atoms with Crippen LogP contribution < -0.4 is 9.80 Å². The third-order valence-electron chi connectivity index (χ3n) is 9.65. The summed E-state index contributed by atoms with van der Waals surface area (Å²) in [6.07, 6.45) is 11.2. The number of hydrogen-bond acceptors (Lipinski definition) is 6. The molecule has 198 valence electrons. The fourth-order valence-corrected chi connectivity index (χ4v) is 6.91. The third kappa shape index (κ3) is 4.38. The number of hydrogen-bond donors (Lipinski definition) is 1. The summed E-state index contributed by atoms with van der Waals surface area (Å²) < 4.78 is 5.44. The molecule has 1 spiro atoms. The fraction of sp³-hybridized carbons (Fsp3) is 0.621. The average molecular weight is 506 g/mol. The van der Waals surface area contributed by atoms with E-state index < -0.39 is 5.60 Å². The Bertz CT molecular complexity index is 1090. The van der Waals surface area contributed by atoms with Crippen molar-refractivity contribution in [3.63, 3.8) is 0 Å². The molecule has 4 fully saturated rings. The molecule has 0 unspecified atom stereocenters. The van der Waals surface area contributed by atoms with Gasteiger partial charge in [-0.1, -0.05) is 37.3 Å². The van der Waals surface area contributed by atoms with Crippen LogP contribution in [-0.2, 0) is 10.2 Å². The number of β-amino-alcohol motifs (C(OH)–C–C–N with tert-alkyl or cyclic N) is 1. The Morgan fingerprint density at radius 3 is 2.24 bits per heavy atom. The number of amides is 2. The number of nitrogens with zero attached hydrogens (tertiary/aromatic N) is 5. The third-order valence-corrected chi connectivity index (χ3v) is 9.65. The van der Waals surface area contributed by atoms with Crippen molar-refractivity contribution in [1.29, 1.82) is 0 Å². The lowest BCUT2D eigenvalue weighted by Crippen LogP contribution is -2.58. The molecule has 0 bridgehead atoms. The Kier molecular flexibility index (Phi) is 6.35. The van der Waals surface area contributed by atoms with Crippen LogP contribution in [0.25, 0.3) is 0 Å². The molecule has 1 aromatic carbocycles. The van der Waals surface area contributed by atoms with E-state index in [4.69, 9.17) is 4.74 Å². The van der Waals surface area contributed by atoms with Crippen molar-refractivity contribution in [3.8, 4) is 0 Å². The second-order valence-electron chi connectivity index (χ2n) is 11.6. The maximum absolute atomic E-state index is 13.9. The molecule has 1 N–H and O–H groups in total. The lowest BCUT2D eigenvalue weighted by Gasteiger charge is -2.50. The predicted octanol–water partition coefficient (Wildman–Crippen LogP) is 4.13. The number of aliphatic hydroxyl groups is 1. The van der Waals surface area contributed by atoms with Crippen LogP contribution in [0, 0.1) is 0 Å². The van der Waals surface area contributed by atoms with Gasteiger partial charge in [-0.25, -0.2) is 14.8 Å². The van der Waals surface area contributed by atoms with Crippen molar-refractivity contribution >= 4 is 17.7 Å². The van der Waals surface area contributed by atoms with E-state index in [2.05, 4.69) is 52.1 Å². The largest absolute Gasteiger partial charge is 0.388 e. The highest BCUT2D eigenvalue weighted by Crippen LogP contribution is 2.51. The minimum Gasteiger partial charge on any atom is -0.388 e. The molecular weight excluding hydrogens is 466 g/mol. The first kappa shape index (κ1) is 24.6. The molecule has 2 saturated heterocycles. The Labute approximate surface area is 219 Å². The second-order valence-corrected chi connectivity index (χ2v) is 11.6. The van der Waals surface area contributed by atoms with Gasteiger partial charge < -0.3 is 19.6 Å². The summed E-state index contributed by atoms with van der Waals surface area (Å²) in [7, 11) is 0. The quantitative estimate of drug-likeness (QED) is 0.636. The van der Waals surface area contributed by atoms with Crippen LogP contribution in [0.15, 0.2) is 42.7 Å². The molecular formula is C29H39N5O3. The van der Waals surface area contributed by atoms with Crippen molar-refractivity contribution < 1.29 is 14.6 Å². The first-order chi connectivity index (χ1) is 18.0. The minimum absolute atomic E-state index is 0.0215. The Balaban J connectivity index is 1.26. The van der Waals surface area contributed by atoms with Crippen molar-refractivity contribution in [1.82, 2.24) is 14.9 Å². The van der Waals surface area contributed by atoms with Gasteiger partial charge in [0.25, 0.3) is 0 Å². The molecule has 0 radical (unpaired) electrons. The molecule has 8 heteroatoms. The first-order valence-corrected chi connectivity index (χ1v) is 14.0. The summed E-state index contributed by atoms with van der Waals surface area (Å²) in [5.41, 5.74) is 1.25. The average Bonchev–Trinajstić information content (AvgIpc) is 3.20. The Hall–Kier alpha value is -2.71. The monoisotopic (exact) mass is 505 g/mol. The summed E-state index contributed by atoms with van der Waals surface area (Å²) in [5.74, 6) is 0.683. The number of urea groups is 1. The zero-order valence-corrected chi connectivity index (χ0v) is 21.9. The summed E-state index contributed by atoms with van der Waals surface area (Å²) in [4.78, 5) is 29.2. The number of benzene rings is 1. The van der Waals surface area contributed by atoms with Gasteiger partial charge in [0.1, 0.15) is 0 Å². The Morgan fingerprint density at radius 2 is 1.65 bits per heavy atom. The van der Waals surface area contributed by atoms with Crippen LogP contribution in [-0.4, -0.2) is 76.5 Å². The van der Waals surface area contributed by atoms with Gasteiger partial charge in [-0.15, -0.1) is 0 Å². The number of anilines is 2. The number of carbonyl (C=O) groups is 1. The number of ether oxygens (including phenoxy) is 1. The van der Waals surface area contributed by atoms with E-state index in [0.29, 0.717) is 32.3 Å². The highest BCUT2D eigenvalue weighted by molar-refractivity contribution is 5.95. The second kappa shape index (κ2) is 9.55. The van der Waals surface area contributed by atoms with Crippen molar-refractivity contribution in [2.75, 3.05) is 49.2 Å². The topological polar surface area (TPSA) is 82.0 Å². The van der Waals surface area contributed by atoms with Gasteiger partial charge in [-0.3, -0.25) is 4.90 Å². The molecule has 1 aromatic heterocycles. The molecule has 8 nitrogen and oxygen atoms in total. The molecule has 0 atom stereocenters. The zero-order chi connectivity index (χ0) is 25.5. The van der Waals surface area contributed by atoms with E-state index >= 15 is 0 Å². The van der Waals surface area contributed by atoms with E-state index in [1.807, 2.05) is 9.80 Å². The number of aromatic nitrogens is 2. The molecule has 2 saturated carbocycles. The number of rotatable bonds is 6. The van der Waals surface area contributed by atoms with Crippen LogP contribution in [0.5, 0.6) is 0 Å². The molecule has 37 heavy (non-hydrogen) atoms. The molecule has 4 aliphatic rings. The maximum atomic E-state index is 13.9. The summed E-state index contributed by atoms with van der Waals surface area (Å²) in [6.45, 7) is 6.24. The van der Waals surface area contributed by atoms with Gasteiger partial charge >= 0.3 is 6.03 Å². The van der Waals surface area contributed by atoms with E-state index in [0.717, 1.165) is 70.1 Å². The van der Waals surface area contributed by atoms with Crippen molar-refractivity contribution in [2.45, 2.75) is 74.8 Å². The standard InChI is InChI=1S/C29H39N5O3/c1-2-27(23-7-4-3-5-8-23)11-13-28(14-12-27)21-33(26(35)34(28)22-29(36)9-6-10-29)24-19-30-25(31-20-24)32-15-17-37-18-16-32/h3-5,7-8,19-20,36H,2,6,9-18,21-22H2,1H3/t27-,28-. The molecule has 2 aromatic rings. The smallest absolute Gasteiger partial charge is 0.325 e. The predicted molar refractivity (Wildman–Crippen MR) is 143 cm³/mol. The highest BCUT2D eigenvalue weighted by Gasteiger charge is 2.56. The summed E-state index contributed by atoms with van der Waals surface area (Å²) in [5, 5.41) is 11.1. The molecule has 2 amide bonds. The summed E-state index contributed by atoms with van der Waals surface area (Å²) >= 11 is 0. The van der Waals surface area contributed by atoms with Gasteiger partial charge in [0, 0.05) is 13.1 Å². The summed E-state index contributed by atoms with van der Waals surface area (Å²) in [6, 6.07) is 10.9. The van der Waals surface area contributed by atoms with Crippen LogP contribution in [0.1, 0.15) is 63.9 Å². The molecule has 3 heterocycles. The number of carbonyl (C=O) groups excluding carboxylic acids is 1. The lowest BCUT2D eigenvalue weighted by molar-refractivity contribution is -0.0685. The van der Waals surface area contributed by atoms with E-state index in [1.165, 1.54) is 5.56 Å². The van der Waals surface area contributed by atoms with E-state index in [-0.39, 0.29) is 17.0 Å². The van der Waals surface area contributed by atoms with Gasteiger partial charge in [0.15, 0.2) is 0 Å². The Morgan fingerprint density at radius 1 is 0.973 bits per heavy atom. The van der Waals surface area contributed by atoms with Crippen molar-refractivity contribution in [2.24, 2.45) is 0 Å². The highest BCUT2D eigenvalue weighted by atomic mass is 16.5. The number of morpholine rings is 1. The molecule has 2 aliphatic heterocycles. The van der Waals surface area contributed by atoms with Gasteiger partial charge in [-0.05, 0) is 62.3 Å². The van der Waals surface area contributed by atoms with Gasteiger partial charge in [0.2, 0.25) is 5.95 Å². The van der Waals surface area contributed by atoms with Crippen LogP contribution in [0.4, 0.5) is 16.4 Å². The van der Waals surface area contributed by atoms with E-state index in [1.54, 1.807) is 12.4 Å². The normalized spacial score (nSPS) is 29.6.